The molecule has 1 aliphatic rings. The van der Waals surface area contributed by atoms with Crippen LogP contribution in [0.4, 0.5) is 5.69 Å². The van der Waals surface area contributed by atoms with Gasteiger partial charge in [-0.3, -0.25) is 4.79 Å². The highest BCUT2D eigenvalue weighted by atomic mass is 79.9. The maximum atomic E-state index is 12.0. The van der Waals surface area contributed by atoms with E-state index in [4.69, 9.17) is 0 Å². The highest BCUT2D eigenvalue weighted by Gasteiger charge is 2.17. The predicted molar refractivity (Wildman–Crippen MR) is 80.9 cm³/mol. The third-order valence-electron chi connectivity index (χ3n) is 3.33. The van der Waals surface area contributed by atoms with Gasteiger partial charge in [-0.1, -0.05) is 0 Å². The normalized spacial score (nSPS) is 15.2. The molecule has 100 valence electrons. The van der Waals surface area contributed by atoms with Crippen molar-refractivity contribution in [3.8, 4) is 0 Å². The lowest BCUT2D eigenvalue weighted by Crippen LogP contribution is -2.29. The molecule has 4 nitrogen and oxygen atoms in total. The van der Waals surface area contributed by atoms with Crippen molar-refractivity contribution < 1.29 is 0 Å². The molecule has 0 atom stereocenters. The van der Waals surface area contributed by atoms with Crippen molar-refractivity contribution in [1.82, 2.24) is 9.78 Å². The van der Waals surface area contributed by atoms with Crippen LogP contribution in [-0.2, 0) is 6.54 Å². The van der Waals surface area contributed by atoms with E-state index in [1.807, 2.05) is 11.4 Å². The summed E-state index contributed by atoms with van der Waals surface area (Å²) in [5.74, 6) is 0. The Bertz CT molecular complexity index is 633. The number of aromatic nitrogens is 2. The van der Waals surface area contributed by atoms with Crippen LogP contribution in [0.15, 0.2) is 33.0 Å². The first-order chi connectivity index (χ1) is 9.22. The number of hydrogen-bond donors (Lipinski definition) is 1. The molecule has 0 amide bonds. The molecular weight excluding hydrogens is 326 g/mol. The van der Waals surface area contributed by atoms with Crippen molar-refractivity contribution in [3.05, 3.63) is 43.4 Å². The van der Waals surface area contributed by atoms with Crippen molar-refractivity contribution in [2.24, 2.45) is 0 Å². The van der Waals surface area contributed by atoms with E-state index >= 15 is 0 Å². The maximum Gasteiger partial charge on any atom is 0.269 e. The zero-order valence-corrected chi connectivity index (χ0v) is 12.7. The van der Waals surface area contributed by atoms with E-state index in [1.165, 1.54) is 23.9 Å². The number of rotatable bonds is 4. The van der Waals surface area contributed by atoms with Crippen molar-refractivity contribution in [3.63, 3.8) is 0 Å². The van der Waals surface area contributed by atoms with E-state index in [0.29, 0.717) is 12.6 Å². The minimum atomic E-state index is -0.0652. The van der Waals surface area contributed by atoms with Gasteiger partial charge in [-0.2, -0.15) is 5.10 Å². The highest BCUT2D eigenvalue weighted by molar-refractivity contribution is 9.10. The standard InChI is InChI=1S/C13H14BrN3OS/c14-11-4-5-19-12(11)8-17-13(18)6-10(7-15-17)16-9-2-1-3-9/h4-7,9,16H,1-3,8H2. The molecule has 1 saturated carbocycles. The van der Waals surface area contributed by atoms with Gasteiger partial charge in [-0.05, 0) is 46.6 Å². The van der Waals surface area contributed by atoms with Crippen molar-refractivity contribution in [1.29, 1.82) is 0 Å². The van der Waals surface area contributed by atoms with Gasteiger partial charge in [0.25, 0.3) is 5.56 Å². The Morgan fingerprint density at radius 1 is 1.53 bits per heavy atom. The average molecular weight is 340 g/mol. The molecular formula is C13H14BrN3OS. The SMILES string of the molecule is O=c1cc(NC2CCC2)cnn1Cc1sccc1Br. The molecule has 1 N–H and O–H groups in total. The first-order valence-corrected chi connectivity index (χ1v) is 7.95. The molecule has 1 fully saturated rings. The summed E-state index contributed by atoms with van der Waals surface area (Å²) in [4.78, 5) is 13.1. The number of hydrogen-bond acceptors (Lipinski definition) is 4. The van der Waals surface area contributed by atoms with Crippen LogP contribution < -0.4 is 10.9 Å². The molecule has 0 bridgehead atoms. The van der Waals surface area contributed by atoms with Gasteiger partial charge >= 0.3 is 0 Å². The van der Waals surface area contributed by atoms with Gasteiger partial charge in [-0.25, -0.2) is 4.68 Å². The third-order valence-corrected chi connectivity index (χ3v) is 5.24. The first-order valence-electron chi connectivity index (χ1n) is 6.28. The summed E-state index contributed by atoms with van der Waals surface area (Å²) in [6.07, 6.45) is 5.38. The number of nitrogens with one attached hydrogen (secondary N) is 1. The van der Waals surface area contributed by atoms with Crippen LogP contribution in [0.2, 0.25) is 0 Å². The Balaban J connectivity index is 1.76. The maximum absolute atomic E-state index is 12.0. The smallest absolute Gasteiger partial charge is 0.269 e. The largest absolute Gasteiger partial charge is 0.381 e. The fourth-order valence-corrected chi connectivity index (χ4v) is 3.45. The van der Waals surface area contributed by atoms with E-state index in [0.717, 1.165) is 15.0 Å². The Labute approximate surface area is 123 Å². The molecule has 1 aliphatic carbocycles. The summed E-state index contributed by atoms with van der Waals surface area (Å²) in [7, 11) is 0. The lowest BCUT2D eigenvalue weighted by Gasteiger charge is -2.27. The Morgan fingerprint density at radius 3 is 2.95 bits per heavy atom. The summed E-state index contributed by atoms with van der Waals surface area (Å²) in [6, 6.07) is 4.13. The lowest BCUT2D eigenvalue weighted by atomic mass is 9.93. The van der Waals surface area contributed by atoms with Crippen LogP contribution >= 0.6 is 27.3 Å². The van der Waals surface area contributed by atoms with E-state index in [1.54, 1.807) is 23.6 Å². The van der Waals surface area contributed by atoms with Crippen LogP contribution in [-0.4, -0.2) is 15.8 Å². The number of thiophene rings is 1. The minimum Gasteiger partial charge on any atom is -0.381 e. The minimum absolute atomic E-state index is 0.0652. The van der Waals surface area contributed by atoms with Gasteiger partial charge in [0.2, 0.25) is 0 Å². The van der Waals surface area contributed by atoms with Crippen LogP contribution in [0, 0.1) is 0 Å². The molecule has 2 aromatic heterocycles. The van der Waals surface area contributed by atoms with Crippen LogP contribution in [0.1, 0.15) is 24.1 Å². The fraction of sp³-hybridized carbons (Fsp3) is 0.385. The molecule has 0 unspecified atom stereocenters. The van der Waals surface area contributed by atoms with Gasteiger partial charge in [0.05, 0.1) is 18.4 Å². The van der Waals surface area contributed by atoms with Gasteiger partial charge in [0.1, 0.15) is 0 Å². The number of nitrogens with zero attached hydrogens (tertiary/aromatic N) is 2. The second-order valence-corrected chi connectivity index (χ2v) is 6.56. The molecule has 0 saturated heterocycles. The fourth-order valence-electron chi connectivity index (χ4n) is 1.99. The molecule has 0 aromatic carbocycles. The van der Waals surface area contributed by atoms with Crippen LogP contribution in [0.5, 0.6) is 0 Å². The highest BCUT2D eigenvalue weighted by Crippen LogP contribution is 2.23. The third kappa shape index (κ3) is 2.90. The molecule has 0 radical (unpaired) electrons. The summed E-state index contributed by atoms with van der Waals surface area (Å²) in [6.45, 7) is 0.515. The van der Waals surface area contributed by atoms with Crippen molar-refractivity contribution in [2.75, 3.05) is 5.32 Å². The summed E-state index contributed by atoms with van der Waals surface area (Å²) >= 11 is 5.09. The predicted octanol–water partition coefficient (Wildman–Crippen LogP) is 3.08. The van der Waals surface area contributed by atoms with Gasteiger partial charge in [0, 0.05) is 21.5 Å². The summed E-state index contributed by atoms with van der Waals surface area (Å²) in [5.41, 5.74) is 0.765. The summed E-state index contributed by atoms with van der Waals surface area (Å²) < 4.78 is 2.52. The average Bonchev–Trinajstić information content (AvgIpc) is 2.73. The molecule has 2 heterocycles. The number of anilines is 1. The van der Waals surface area contributed by atoms with E-state index < -0.39 is 0 Å². The topological polar surface area (TPSA) is 46.9 Å². The number of halogens is 1. The van der Waals surface area contributed by atoms with E-state index in [2.05, 4.69) is 26.3 Å². The van der Waals surface area contributed by atoms with E-state index in [-0.39, 0.29) is 5.56 Å². The van der Waals surface area contributed by atoms with Crippen LogP contribution in [0.25, 0.3) is 0 Å². The van der Waals surface area contributed by atoms with Crippen molar-refractivity contribution in [2.45, 2.75) is 31.8 Å². The zero-order valence-electron chi connectivity index (χ0n) is 10.3. The monoisotopic (exact) mass is 339 g/mol. The quantitative estimate of drug-likeness (QED) is 0.930. The van der Waals surface area contributed by atoms with Gasteiger partial charge in [-0.15, -0.1) is 11.3 Å². The Kier molecular flexibility index (Phi) is 3.70. The van der Waals surface area contributed by atoms with Gasteiger partial charge < -0.3 is 5.32 Å². The van der Waals surface area contributed by atoms with Crippen LogP contribution in [0.3, 0.4) is 0 Å². The summed E-state index contributed by atoms with van der Waals surface area (Å²) in [5, 5.41) is 9.56. The van der Waals surface area contributed by atoms with Crippen molar-refractivity contribution >= 4 is 33.0 Å². The lowest BCUT2D eigenvalue weighted by molar-refractivity contribution is 0.445. The first kappa shape index (κ1) is 12.9. The Morgan fingerprint density at radius 2 is 2.37 bits per heavy atom. The Hall–Kier alpha value is -1.14. The molecule has 0 spiro atoms. The molecule has 0 aliphatic heterocycles. The molecule has 2 aromatic rings. The van der Waals surface area contributed by atoms with E-state index in [9.17, 15) is 4.79 Å². The second-order valence-electron chi connectivity index (χ2n) is 4.70. The molecule has 3 rings (SSSR count). The molecule has 19 heavy (non-hydrogen) atoms. The molecule has 6 heteroatoms. The van der Waals surface area contributed by atoms with Gasteiger partial charge in [0.15, 0.2) is 0 Å². The zero-order chi connectivity index (χ0) is 13.2. The second kappa shape index (κ2) is 5.46.